The molecule has 1 aliphatic rings. The van der Waals surface area contributed by atoms with Gasteiger partial charge in [-0.15, -0.1) is 0 Å². The van der Waals surface area contributed by atoms with Gasteiger partial charge < -0.3 is 14.7 Å². The van der Waals surface area contributed by atoms with Crippen LogP contribution in [0.15, 0.2) is 48.7 Å². The molecule has 6 nitrogen and oxygen atoms in total. The van der Waals surface area contributed by atoms with Gasteiger partial charge in [0.15, 0.2) is 11.4 Å². The van der Waals surface area contributed by atoms with E-state index in [1.54, 1.807) is 31.2 Å². The van der Waals surface area contributed by atoms with Crippen molar-refractivity contribution in [2.24, 2.45) is 5.41 Å². The summed E-state index contributed by atoms with van der Waals surface area (Å²) < 4.78 is 5.76. The maximum absolute atomic E-state index is 12.8. The summed E-state index contributed by atoms with van der Waals surface area (Å²) in [6, 6.07) is 12.5. The first-order valence-electron chi connectivity index (χ1n) is 7.70. The lowest BCUT2D eigenvalue weighted by Crippen LogP contribution is -2.35. The molecule has 1 atom stereocenters. The summed E-state index contributed by atoms with van der Waals surface area (Å²) in [5, 5.41) is 9.31. The van der Waals surface area contributed by atoms with Gasteiger partial charge in [0.2, 0.25) is 0 Å². The van der Waals surface area contributed by atoms with Gasteiger partial charge >= 0.3 is 5.97 Å². The van der Waals surface area contributed by atoms with E-state index in [1.807, 2.05) is 18.2 Å². The Morgan fingerprint density at radius 2 is 1.96 bits per heavy atom. The molecule has 1 fully saturated rings. The number of amides is 1. The normalized spacial score (nSPS) is 20.0. The predicted molar refractivity (Wildman–Crippen MR) is 87.0 cm³/mol. The second-order valence-corrected chi connectivity index (χ2v) is 6.11. The van der Waals surface area contributed by atoms with E-state index in [2.05, 4.69) is 4.98 Å². The zero-order chi connectivity index (χ0) is 17.2. The van der Waals surface area contributed by atoms with Gasteiger partial charge in [-0.05, 0) is 37.6 Å². The van der Waals surface area contributed by atoms with Crippen molar-refractivity contribution in [3.05, 3.63) is 54.4 Å². The third kappa shape index (κ3) is 3.08. The molecule has 1 aromatic heterocycles. The largest absolute Gasteiger partial charge is 0.481 e. The van der Waals surface area contributed by atoms with Gasteiger partial charge in [0, 0.05) is 19.3 Å². The van der Waals surface area contributed by atoms with E-state index < -0.39 is 11.4 Å². The van der Waals surface area contributed by atoms with Crippen LogP contribution in [-0.4, -0.2) is 40.0 Å². The molecule has 0 saturated carbocycles. The van der Waals surface area contributed by atoms with Crippen molar-refractivity contribution in [3.8, 4) is 11.5 Å². The molecule has 3 rings (SSSR count). The number of benzene rings is 1. The fourth-order valence-electron chi connectivity index (χ4n) is 2.71. The number of carboxylic acids is 1. The summed E-state index contributed by atoms with van der Waals surface area (Å²) in [4.78, 5) is 29.8. The highest BCUT2D eigenvalue weighted by Gasteiger charge is 2.42. The standard InChI is InChI=1S/C18H18N2O4/c1-18(17(22)23)9-11-20(12-18)16(21)15-14(8-5-10-19-15)24-13-6-3-2-4-7-13/h2-8,10H,9,11-12H2,1H3,(H,22,23). The van der Waals surface area contributed by atoms with E-state index in [9.17, 15) is 14.7 Å². The molecule has 1 unspecified atom stereocenters. The molecule has 0 spiro atoms. The van der Waals surface area contributed by atoms with Crippen LogP contribution in [0.4, 0.5) is 0 Å². The first kappa shape index (κ1) is 16.0. The number of hydrogen-bond donors (Lipinski definition) is 1. The maximum Gasteiger partial charge on any atom is 0.311 e. The number of hydrogen-bond acceptors (Lipinski definition) is 4. The average molecular weight is 326 g/mol. The fourth-order valence-corrected chi connectivity index (χ4v) is 2.71. The van der Waals surface area contributed by atoms with Crippen molar-refractivity contribution in [2.45, 2.75) is 13.3 Å². The van der Waals surface area contributed by atoms with Crippen LogP contribution in [0.25, 0.3) is 0 Å². The summed E-state index contributed by atoms with van der Waals surface area (Å²) in [6.45, 7) is 2.22. The zero-order valence-electron chi connectivity index (χ0n) is 13.3. The Morgan fingerprint density at radius 1 is 1.21 bits per heavy atom. The predicted octanol–water partition coefficient (Wildman–Crippen LogP) is 2.81. The van der Waals surface area contributed by atoms with E-state index in [-0.39, 0.29) is 18.1 Å². The van der Waals surface area contributed by atoms with Crippen LogP contribution in [0.1, 0.15) is 23.8 Å². The number of likely N-dealkylation sites (tertiary alicyclic amines) is 1. The van der Waals surface area contributed by atoms with Crippen molar-refractivity contribution in [2.75, 3.05) is 13.1 Å². The topological polar surface area (TPSA) is 79.7 Å². The minimum atomic E-state index is -0.912. The summed E-state index contributed by atoms with van der Waals surface area (Å²) in [7, 11) is 0. The minimum Gasteiger partial charge on any atom is -0.481 e. The molecule has 0 bridgehead atoms. The smallest absolute Gasteiger partial charge is 0.311 e. The molecule has 6 heteroatoms. The van der Waals surface area contributed by atoms with Crippen molar-refractivity contribution < 1.29 is 19.4 Å². The van der Waals surface area contributed by atoms with Gasteiger partial charge in [0.05, 0.1) is 5.41 Å². The van der Waals surface area contributed by atoms with Crippen molar-refractivity contribution in [3.63, 3.8) is 0 Å². The lowest BCUT2D eigenvalue weighted by Gasteiger charge is -2.20. The van der Waals surface area contributed by atoms with Crippen LogP contribution < -0.4 is 4.74 Å². The molecule has 1 aromatic carbocycles. The summed E-state index contributed by atoms with van der Waals surface area (Å²) in [6.07, 6.45) is 1.95. The monoisotopic (exact) mass is 326 g/mol. The molecule has 1 aliphatic heterocycles. The second kappa shape index (κ2) is 6.31. The molecule has 0 radical (unpaired) electrons. The fraction of sp³-hybridized carbons (Fsp3) is 0.278. The van der Waals surface area contributed by atoms with Crippen molar-refractivity contribution >= 4 is 11.9 Å². The molecular weight excluding hydrogens is 308 g/mol. The number of aromatic nitrogens is 1. The number of aliphatic carboxylic acids is 1. The van der Waals surface area contributed by atoms with Crippen molar-refractivity contribution in [1.82, 2.24) is 9.88 Å². The quantitative estimate of drug-likeness (QED) is 0.934. The summed E-state index contributed by atoms with van der Waals surface area (Å²) in [5.74, 6) is -0.236. The van der Waals surface area contributed by atoms with E-state index in [0.29, 0.717) is 24.5 Å². The molecular formula is C18H18N2O4. The van der Waals surface area contributed by atoms with Gasteiger partial charge in [-0.3, -0.25) is 9.59 Å². The van der Waals surface area contributed by atoms with Crippen LogP contribution in [-0.2, 0) is 4.79 Å². The van der Waals surface area contributed by atoms with Crippen LogP contribution in [0, 0.1) is 5.41 Å². The van der Waals surface area contributed by atoms with Gasteiger partial charge in [-0.1, -0.05) is 18.2 Å². The van der Waals surface area contributed by atoms with Crippen LogP contribution in [0.5, 0.6) is 11.5 Å². The second-order valence-electron chi connectivity index (χ2n) is 6.11. The molecule has 0 aliphatic carbocycles. The van der Waals surface area contributed by atoms with Crippen LogP contribution >= 0.6 is 0 Å². The lowest BCUT2D eigenvalue weighted by atomic mass is 9.90. The first-order valence-corrected chi connectivity index (χ1v) is 7.70. The number of pyridine rings is 1. The van der Waals surface area contributed by atoms with Crippen LogP contribution in [0.3, 0.4) is 0 Å². The maximum atomic E-state index is 12.8. The third-order valence-corrected chi connectivity index (χ3v) is 4.22. The minimum absolute atomic E-state index is 0.169. The molecule has 1 N–H and O–H groups in total. The Morgan fingerprint density at radius 3 is 2.62 bits per heavy atom. The van der Waals surface area contributed by atoms with Crippen LogP contribution in [0.2, 0.25) is 0 Å². The number of rotatable bonds is 4. The first-order chi connectivity index (χ1) is 11.5. The lowest BCUT2D eigenvalue weighted by molar-refractivity contribution is -0.147. The Kier molecular flexibility index (Phi) is 4.20. The summed E-state index contributed by atoms with van der Waals surface area (Å²) in [5.41, 5.74) is -0.721. The number of para-hydroxylation sites is 1. The molecule has 1 amide bonds. The number of nitrogens with zero attached hydrogens (tertiary/aromatic N) is 2. The van der Waals surface area contributed by atoms with E-state index >= 15 is 0 Å². The highest BCUT2D eigenvalue weighted by atomic mass is 16.5. The highest BCUT2D eigenvalue weighted by Crippen LogP contribution is 2.32. The molecule has 124 valence electrons. The Hall–Kier alpha value is -2.89. The summed E-state index contributed by atoms with van der Waals surface area (Å²) >= 11 is 0. The SMILES string of the molecule is CC1(C(=O)O)CCN(C(=O)c2ncccc2Oc2ccccc2)C1. The van der Waals surface area contributed by atoms with Gasteiger partial charge in [-0.25, -0.2) is 4.98 Å². The Balaban J connectivity index is 1.82. The van der Waals surface area contributed by atoms with Gasteiger partial charge in [0.25, 0.3) is 5.91 Å². The van der Waals surface area contributed by atoms with E-state index in [4.69, 9.17) is 4.74 Å². The molecule has 2 heterocycles. The Bertz CT molecular complexity index is 763. The average Bonchev–Trinajstić information content (AvgIpc) is 3.00. The van der Waals surface area contributed by atoms with Crippen molar-refractivity contribution in [1.29, 1.82) is 0 Å². The Labute approximate surface area is 139 Å². The molecule has 1 saturated heterocycles. The number of carbonyl (C=O) groups excluding carboxylic acids is 1. The zero-order valence-corrected chi connectivity index (χ0v) is 13.3. The number of ether oxygens (including phenoxy) is 1. The molecule has 2 aromatic rings. The number of carbonyl (C=O) groups is 2. The molecule has 24 heavy (non-hydrogen) atoms. The van der Waals surface area contributed by atoms with E-state index in [0.717, 1.165) is 0 Å². The third-order valence-electron chi connectivity index (χ3n) is 4.22. The van der Waals surface area contributed by atoms with E-state index in [1.165, 1.54) is 11.1 Å². The number of carboxylic acid groups (broad SMARTS) is 1. The van der Waals surface area contributed by atoms with Gasteiger partial charge in [0.1, 0.15) is 5.75 Å². The van der Waals surface area contributed by atoms with Gasteiger partial charge in [-0.2, -0.15) is 0 Å². The highest BCUT2D eigenvalue weighted by molar-refractivity contribution is 5.95.